The highest BCUT2D eigenvalue weighted by atomic mass is 19.1. The van der Waals surface area contributed by atoms with E-state index < -0.39 is 5.41 Å². The molecule has 2 amide bonds. The number of carbonyl (C=O) groups excluding carboxylic acids is 2. The van der Waals surface area contributed by atoms with Gasteiger partial charge in [0.05, 0.1) is 11.8 Å². The Hall–Kier alpha value is -1.91. The molecule has 0 spiro atoms. The van der Waals surface area contributed by atoms with Gasteiger partial charge < -0.3 is 10.6 Å². The highest BCUT2D eigenvalue weighted by molar-refractivity contribution is 5.83. The van der Waals surface area contributed by atoms with Crippen LogP contribution in [0.3, 0.4) is 0 Å². The average molecular weight is 278 g/mol. The lowest BCUT2D eigenvalue weighted by molar-refractivity contribution is -0.138. The van der Waals surface area contributed by atoms with Gasteiger partial charge in [-0.15, -0.1) is 0 Å². The lowest BCUT2D eigenvalue weighted by Gasteiger charge is -2.38. The number of rotatable bonds is 3. The molecule has 1 saturated heterocycles. The van der Waals surface area contributed by atoms with Crippen LogP contribution < -0.4 is 5.73 Å². The van der Waals surface area contributed by atoms with Crippen LogP contribution in [0.4, 0.5) is 4.39 Å². The zero-order valence-electron chi connectivity index (χ0n) is 11.6. The number of nitrogens with two attached hydrogens (primary N) is 1. The molecule has 108 valence electrons. The fourth-order valence-electron chi connectivity index (χ4n) is 2.57. The van der Waals surface area contributed by atoms with E-state index in [2.05, 4.69) is 0 Å². The van der Waals surface area contributed by atoms with Gasteiger partial charge in [0.25, 0.3) is 0 Å². The summed E-state index contributed by atoms with van der Waals surface area (Å²) >= 11 is 0. The Morgan fingerprint density at radius 1 is 1.40 bits per heavy atom. The third-order valence-electron chi connectivity index (χ3n) is 3.94. The maximum Gasteiger partial charge on any atom is 0.227 e. The van der Waals surface area contributed by atoms with Crippen LogP contribution >= 0.6 is 0 Å². The molecule has 1 atom stereocenters. The SMILES string of the molecule is CC1(C(N)=O)CCCN(C(=O)Cc2ccccc2F)C1. The molecule has 0 radical (unpaired) electrons. The molecule has 4 nitrogen and oxygen atoms in total. The van der Waals surface area contributed by atoms with E-state index in [4.69, 9.17) is 5.73 Å². The van der Waals surface area contributed by atoms with Crippen molar-refractivity contribution in [3.8, 4) is 0 Å². The smallest absolute Gasteiger partial charge is 0.227 e. The van der Waals surface area contributed by atoms with Gasteiger partial charge in [-0.1, -0.05) is 18.2 Å². The summed E-state index contributed by atoms with van der Waals surface area (Å²) in [6.07, 6.45) is 1.44. The summed E-state index contributed by atoms with van der Waals surface area (Å²) in [5.74, 6) is -0.932. The Kier molecular flexibility index (Phi) is 4.06. The van der Waals surface area contributed by atoms with Crippen LogP contribution in [-0.2, 0) is 16.0 Å². The number of hydrogen-bond donors (Lipinski definition) is 1. The monoisotopic (exact) mass is 278 g/mol. The fourth-order valence-corrected chi connectivity index (χ4v) is 2.57. The van der Waals surface area contributed by atoms with Crippen molar-refractivity contribution in [3.05, 3.63) is 35.6 Å². The van der Waals surface area contributed by atoms with Crippen LogP contribution in [0, 0.1) is 11.2 Å². The van der Waals surface area contributed by atoms with E-state index in [-0.39, 0.29) is 24.1 Å². The predicted molar refractivity (Wildman–Crippen MR) is 73.2 cm³/mol. The number of piperidine rings is 1. The second-order valence-corrected chi connectivity index (χ2v) is 5.61. The fraction of sp³-hybridized carbons (Fsp3) is 0.467. The molecule has 20 heavy (non-hydrogen) atoms. The summed E-state index contributed by atoms with van der Waals surface area (Å²) in [7, 11) is 0. The molecular formula is C15H19FN2O2. The summed E-state index contributed by atoms with van der Waals surface area (Å²) in [5.41, 5.74) is 5.10. The second-order valence-electron chi connectivity index (χ2n) is 5.61. The molecule has 0 bridgehead atoms. The van der Waals surface area contributed by atoms with Crippen molar-refractivity contribution in [2.75, 3.05) is 13.1 Å². The molecule has 0 saturated carbocycles. The Morgan fingerprint density at radius 2 is 2.10 bits per heavy atom. The Morgan fingerprint density at radius 3 is 2.75 bits per heavy atom. The van der Waals surface area contributed by atoms with Gasteiger partial charge in [0.1, 0.15) is 5.82 Å². The van der Waals surface area contributed by atoms with Crippen LogP contribution in [-0.4, -0.2) is 29.8 Å². The summed E-state index contributed by atoms with van der Waals surface area (Å²) in [4.78, 5) is 25.3. The van der Waals surface area contributed by atoms with Gasteiger partial charge in [0, 0.05) is 13.1 Å². The van der Waals surface area contributed by atoms with Gasteiger partial charge in [0.15, 0.2) is 0 Å². The van der Waals surface area contributed by atoms with Crippen LogP contribution in [0.25, 0.3) is 0 Å². The molecule has 1 aliphatic heterocycles. The number of likely N-dealkylation sites (tertiary alicyclic amines) is 1. The Labute approximate surface area is 117 Å². The van der Waals surface area contributed by atoms with Crippen LogP contribution in [0.15, 0.2) is 24.3 Å². The van der Waals surface area contributed by atoms with Crippen LogP contribution in [0.2, 0.25) is 0 Å². The topological polar surface area (TPSA) is 63.4 Å². The zero-order valence-corrected chi connectivity index (χ0v) is 11.6. The van der Waals surface area contributed by atoms with E-state index in [9.17, 15) is 14.0 Å². The van der Waals surface area contributed by atoms with E-state index in [1.165, 1.54) is 6.07 Å². The second kappa shape index (κ2) is 5.61. The molecule has 0 aromatic heterocycles. The highest BCUT2D eigenvalue weighted by Crippen LogP contribution is 2.29. The summed E-state index contributed by atoms with van der Waals surface area (Å²) in [5, 5.41) is 0. The molecule has 1 fully saturated rings. The van der Waals surface area contributed by atoms with Crippen LogP contribution in [0.5, 0.6) is 0 Å². The third-order valence-corrected chi connectivity index (χ3v) is 3.94. The van der Waals surface area contributed by atoms with Gasteiger partial charge in [-0.05, 0) is 31.4 Å². The first-order valence-electron chi connectivity index (χ1n) is 6.73. The van der Waals surface area contributed by atoms with E-state index in [0.29, 0.717) is 25.1 Å². The molecule has 2 N–H and O–H groups in total. The minimum atomic E-state index is -0.677. The number of hydrogen-bond acceptors (Lipinski definition) is 2. The molecule has 1 aromatic carbocycles. The van der Waals surface area contributed by atoms with Gasteiger partial charge >= 0.3 is 0 Å². The summed E-state index contributed by atoms with van der Waals surface area (Å²) < 4.78 is 13.6. The Bertz CT molecular complexity index is 532. The quantitative estimate of drug-likeness (QED) is 0.910. The van der Waals surface area contributed by atoms with E-state index >= 15 is 0 Å². The highest BCUT2D eigenvalue weighted by Gasteiger charge is 2.37. The first-order valence-corrected chi connectivity index (χ1v) is 6.73. The predicted octanol–water partition coefficient (Wildman–Crippen LogP) is 1.48. The number of primary amides is 1. The van der Waals surface area contributed by atoms with Crippen molar-refractivity contribution in [3.63, 3.8) is 0 Å². The number of amides is 2. The first kappa shape index (κ1) is 14.5. The lowest BCUT2D eigenvalue weighted by Crippen LogP contribution is -2.51. The molecule has 2 rings (SSSR count). The average Bonchev–Trinajstić information content (AvgIpc) is 2.41. The normalized spacial score (nSPS) is 22.6. The minimum Gasteiger partial charge on any atom is -0.369 e. The summed E-state index contributed by atoms with van der Waals surface area (Å²) in [6.45, 7) is 2.68. The maximum atomic E-state index is 13.6. The lowest BCUT2D eigenvalue weighted by atomic mass is 9.81. The van der Waals surface area contributed by atoms with Crippen molar-refractivity contribution in [2.24, 2.45) is 11.1 Å². The largest absolute Gasteiger partial charge is 0.369 e. The summed E-state index contributed by atoms with van der Waals surface area (Å²) in [6, 6.07) is 6.24. The number of nitrogens with zero attached hydrogens (tertiary/aromatic N) is 1. The van der Waals surface area contributed by atoms with E-state index in [1.54, 1.807) is 30.0 Å². The molecule has 1 unspecified atom stereocenters. The zero-order chi connectivity index (χ0) is 14.8. The van der Waals surface area contributed by atoms with Crippen molar-refractivity contribution >= 4 is 11.8 Å². The molecule has 1 heterocycles. The van der Waals surface area contributed by atoms with Crippen molar-refractivity contribution < 1.29 is 14.0 Å². The van der Waals surface area contributed by atoms with Gasteiger partial charge in [-0.3, -0.25) is 9.59 Å². The number of benzene rings is 1. The molecule has 1 aliphatic rings. The third kappa shape index (κ3) is 2.98. The van der Waals surface area contributed by atoms with Gasteiger partial charge in [0.2, 0.25) is 11.8 Å². The number of carbonyl (C=O) groups is 2. The molecular weight excluding hydrogens is 259 g/mol. The molecule has 0 aliphatic carbocycles. The standard InChI is InChI=1S/C15H19FN2O2/c1-15(14(17)20)7-4-8-18(10-15)13(19)9-11-5-2-3-6-12(11)16/h2-3,5-6H,4,7-10H2,1H3,(H2,17,20). The van der Waals surface area contributed by atoms with Crippen molar-refractivity contribution in [1.29, 1.82) is 0 Å². The maximum absolute atomic E-state index is 13.6. The molecule has 5 heteroatoms. The minimum absolute atomic E-state index is 0.0154. The van der Waals surface area contributed by atoms with Gasteiger partial charge in [-0.2, -0.15) is 0 Å². The van der Waals surface area contributed by atoms with Gasteiger partial charge in [-0.25, -0.2) is 4.39 Å². The van der Waals surface area contributed by atoms with Crippen molar-refractivity contribution in [1.82, 2.24) is 4.90 Å². The number of halogens is 1. The van der Waals surface area contributed by atoms with E-state index in [0.717, 1.165) is 6.42 Å². The first-order chi connectivity index (χ1) is 9.42. The van der Waals surface area contributed by atoms with E-state index in [1.807, 2.05) is 0 Å². The van der Waals surface area contributed by atoms with Crippen LogP contribution in [0.1, 0.15) is 25.3 Å². The van der Waals surface area contributed by atoms with Crippen molar-refractivity contribution in [2.45, 2.75) is 26.2 Å². The Balaban J connectivity index is 2.06. The molecule has 1 aromatic rings.